The van der Waals surface area contributed by atoms with Gasteiger partial charge in [0.1, 0.15) is 5.75 Å². The van der Waals surface area contributed by atoms with Crippen LogP contribution in [0.25, 0.3) is 0 Å². The first-order valence-corrected chi connectivity index (χ1v) is 11.8. The molecule has 1 aliphatic heterocycles. The summed E-state index contributed by atoms with van der Waals surface area (Å²) in [5.74, 6) is 0.725. The molecule has 0 saturated heterocycles. The second-order valence-corrected chi connectivity index (χ2v) is 8.57. The van der Waals surface area contributed by atoms with E-state index in [1.54, 1.807) is 0 Å². The highest BCUT2D eigenvalue weighted by Gasteiger charge is 2.40. The molecule has 0 aliphatic carbocycles. The van der Waals surface area contributed by atoms with Crippen LogP contribution in [0.4, 0.5) is 17.1 Å². The van der Waals surface area contributed by atoms with E-state index in [4.69, 9.17) is 9.84 Å². The summed E-state index contributed by atoms with van der Waals surface area (Å²) >= 11 is 0. The van der Waals surface area contributed by atoms with Gasteiger partial charge in [0.2, 0.25) is 5.91 Å². The average Bonchev–Trinajstić information content (AvgIpc) is 3.26. The molecule has 1 amide bonds. The van der Waals surface area contributed by atoms with Gasteiger partial charge in [-0.3, -0.25) is 14.5 Å². The molecule has 0 aromatic heterocycles. The van der Waals surface area contributed by atoms with Crippen molar-refractivity contribution in [3.05, 3.63) is 84.4 Å². The normalized spacial score (nSPS) is 15.2. The predicted octanol–water partition coefficient (Wildman–Crippen LogP) is 5.61. The van der Waals surface area contributed by atoms with Gasteiger partial charge in [-0.05, 0) is 49.4 Å². The Labute approximate surface area is 206 Å². The summed E-state index contributed by atoms with van der Waals surface area (Å²) in [7, 11) is 0. The van der Waals surface area contributed by atoms with Gasteiger partial charge in [-0.2, -0.15) is 0 Å². The molecule has 1 heterocycles. The van der Waals surface area contributed by atoms with Crippen LogP contribution in [0.2, 0.25) is 0 Å². The Bertz CT molecular complexity index is 1220. The van der Waals surface area contributed by atoms with Gasteiger partial charge >= 0.3 is 0 Å². The lowest BCUT2D eigenvalue weighted by Crippen LogP contribution is -2.38. The number of hydrogen-bond donors (Lipinski definition) is 1. The molecule has 1 aliphatic rings. The number of nitrogens with one attached hydrogen (secondary N) is 1. The van der Waals surface area contributed by atoms with Crippen molar-refractivity contribution in [3.63, 3.8) is 0 Å². The van der Waals surface area contributed by atoms with Gasteiger partial charge in [-0.25, -0.2) is 5.01 Å². The Morgan fingerprint density at radius 1 is 0.943 bits per heavy atom. The van der Waals surface area contributed by atoms with Crippen LogP contribution in [0.5, 0.6) is 5.75 Å². The Morgan fingerprint density at radius 3 is 2.23 bits per heavy atom. The molecule has 3 aromatic carbocycles. The maximum absolute atomic E-state index is 12.8. The summed E-state index contributed by atoms with van der Waals surface area (Å²) < 4.78 is 5.96. The zero-order valence-corrected chi connectivity index (χ0v) is 20.4. The van der Waals surface area contributed by atoms with Gasteiger partial charge in [0.25, 0.3) is 0 Å². The second-order valence-electron chi connectivity index (χ2n) is 8.57. The highest BCUT2D eigenvalue weighted by Crippen LogP contribution is 2.42. The van der Waals surface area contributed by atoms with Crippen LogP contribution in [0.1, 0.15) is 39.4 Å². The summed E-state index contributed by atoms with van der Waals surface area (Å²) in [5.41, 5.74) is 3.21. The van der Waals surface area contributed by atoms with Gasteiger partial charge in [-0.1, -0.05) is 50.2 Å². The number of rotatable bonds is 8. The van der Waals surface area contributed by atoms with Crippen molar-refractivity contribution >= 4 is 34.6 Å². The highest BCUT2D eigenvalue weighted by atomic mass is 16.5. The number of hydrazone groups is 1. The van der Waals surface area contributed by atoms with Crippen molar-refractivity contribution in [2.45, 2.75) is 33.9 Å². The van der Waals surface area contributed by atoms with Gasteiger partial charge in [-0.15, -0.1) is 5.10 Å². The molecule has 3 aromatic rings. The molecular weight excluding hydrogens is 440 g/mol. The van der Waals surface area contributed by atoms with E-state index in [0.717, 1.165) is 22.7 Å². The monoisotopic (exact) mass is 470 g/mol. The fourth-order valence-electron chi connectivity index (χ4n) is 3.96. The molecule has 7 nitrogen and oxygen atoms in total. The first-order chi connectivity index (χ1) is 16.9. The zero-order valence-electron chi connectivity index (χ0n) is 20.4. The fourth-order valence-corrected chi connectivity index (χ4v) is 3.96. The van der Waals surface area contributed by atoms with Gasteiger partial charge in [0.05, 0.1) is 12.3 Å². The van der Waals surface area contributed by atoms with E-state index in [-0.39, 0.29) is 17.6 Å². The van der Waals surface area contributed by atoms with Crippen LogP contribution in [0, 0.1) is 5.92 Å². The van der Waals surface area contributed by atoms with E-state index in [1.807, 2.05) is 110 Å². The summed E-state index contributed by atoms with van der Waals surface area (Å²) in [6, 6.07) is 25.0. The molecule has 1 unspecified atom stereocenters. The van der Waals surface area contributed by atoms with Crippen molar-refractivity contribution in [2.24, 2.45) is 11.0 Å². The smallest absolute Gasteiger partial charge is 0.226 e. The number of anilines is 3. The number of amides is 1. The first-order valence-electron chi connectivity index (χ1n) is 11.8. The molecule has 0 saturated carbocycles. The third-order valence-corrected chi connectivity index (χ3v) is 5.68. The van der Waals surface area contributed by atoms with Crippen molar-refractivity contribution in [3.8, 4) is 5.75 Å². The lowest BCUT2D eigenvalue weighted by Gasteiger charge is -2.33. The number of carbonyl (C=O) groups excluding carboxylic acids is 2. The number of nitrogens with zero attached hydrogens (tertiary/aromatic N) is 3. The summed E-state index contributed by atoms with van der Waals surface area (Å²) in [6.45, 7) is 7.67. The lowest BCUT2D eigenvalue weighted by molar-refractivity contribution is -0.119. The third-order valence-electron chi connectivity index (χ3n) is 5.68. The van der Waals surface area contributed by atoms with Gasteiger partial charge in [0, 0.05) is 29.8 Å². The van der Waals surface area contributed by atoms with E-state index >= 15 is 0 Å². The van der Waals surface area contributed by atoms with Crippen LogP contribution in [0.3, 0.4) is 0 Å². The summed E-state index contributed by atoms with van der Waals surface area (Å²) in [6.07, 6.45) is -0.449. The van der Waals surface area contributed by atoms with Crippen LogP contribution in [0.15, 0.2) is 84.0 Å². The van der Waals surface area contributed by atoms with Crippen LogP contribution in [-0.2, 0) is 9.59 Å². The number of amidine groups is 1. The number of benzene rings is 3. The largest absolute Gasteiger partial charge is 0.493 e. The van der Waals surface area contributed by atoms with Gasteiger partial charge in [0.15, 0.2) is 17.8 Å². The minimum absolute atomic E-state index is 0.0521. The molecule has 1 atom stereocenters. The van der Waals surface area contributed by atoms with E-state index in [2.05, 4.69) is 5.32 Å². The molecule has 180 valence electrons. The van der Waals surface area contributed by atoms with Gasteiger partial charge < -0.3 is 10.1 Å². The number of carbonyl (C=O) groups is 2. The standard InChI is InChI=1S/C28H30N4O3/c1-5-35-25-14-10-9-13-24(25)28-31(22-17-15-21(16-18-22)29-27(34)19(2)3)26(20(4)33)30-32(28)23-11-7-6-8-12-23/h6-19,28H,5H2,1-4H3,(H,29,34). The molecule has 0 spiro atoms. The molecule has 1 N–H and O–H groups in total. The highest BCUT2D eigenvalue weighted by molar-refractivity contribution is 6.44. The first kappa shape index (κ1) is 24.0. The van der Waals surface area contributed by atoms with Crippen molar-refractivity contribution in [1.29, 1.82) is 0 Å². The Hall–Kier alpha value is -4.13. The molecule has 35 heavy (non-hydrogen) atoms. The number of para-hydroxylation sites is 2. The SMILES string of the molecule is CCOc1ccccc1C1N(c2ccccc2)N=C(C(C)=O)N1c1ccc(NC(=O)C(C)C)cc1. The minimum atomic E-state index is -0.449. The van der Waals surface area contributed by atoms with Crippen molar-refractivity contribution in [2.75, 3.05) is 21.8 Å². The van der Waals surface area contributed by atoms with Crippen LogP contribution < -0.4 is 20.0 Å². The van der Waals surface area contributed by atoms with E-state index in [1.165, 1.54) is 6.92 Å². The minimum Gasteiger partial charge on any atom is -0.493 e. The quantitative estimate of drug-likeness (QED) is 0.463. The molecule has 4 rings (SSSR count). The third kappa shape index (κ3) is 5.04. The van der Waals surface area contributed by atoms with Crippen LogP contribution >= 0.6 is 0 Å². The Morgan fingerprint density at radius 2 is 1.60 bits per heavy atom. The number of ether oxygens (including phenoxy) is 1. The summed E-state index contributed by atoms with van der Waals surface area (Å²) in [4.78, 5) is 26.8. The fraction of sp³-hybridized carbons (Fsp3) is 0.250. The average molecular weight is 471 g/mol. The Kier molecular flexibility index (Phi) is 7.15. The molecule has 0 radical (unpaired) electrons. The molecule has 0 bridgehead atoms. The van der Waals surface area contributed by atoms with Crippen LogP contribution in [-0.4, -0.2) is 24.1 Å². The maximum Gasteiger partial charge on any atom is 0.226 e. The Balaban J connectivity index is 1.82. The number of hydrogen-bond acceptors (Lipinski definition) is 6. The van der Waals surface area contributed by atoms with Crippen molar-refractivity contribution < 1.29 is 14.3 Å². The number of Topliss-reactive ketones (excluding diaryl/α,β-unsaturated/α-hetero) is 1. The predicted molar refractivity (Wildman–Crippen MR) is 140 cm³/mol. The molecule has 7 heteroatoms. The van der Waals surface area contributed by atoms with E-state index in [9.17, 15) is 9.59 Å². The lowest BCUT2D eigenvalue weighted by atomic mass is 10.1. The molecular formula is C28H30N4O3. The van der Waals surface area contributed by atoms with Crippen molar-refractivity contribution in [1.82, 2.24) is 0 Å². The zero-order chi connectivity index (χ0) is 24.9. The summed E-state index contributed by atoms with van der Waals surface area (Å²) in [5, 5.41) is 9.53. The second kappa shape index (κ2) is 10.4. The maximum atomic E-state index is 12.8. The number of ketones is 1. The topological polar surface area (TPSA) is 74.2 Å². The van der Waals surface area contributed by atoms with E-state index < -0.39 is 6.17 Å². The van der Waals surface area contributed by atoms with E-state index in [0.29, 0.717) is 18.1 Å². The molecule has 0 fully saturated rings.